The number of aryl methyl sites for hydroxylation is 3. The van der Waals surface area contributed by atoms with Crippen molar-refractivity contribution < 1.29 is 9.59 Å². The van der Waals surface area contributed by atoms with Gasteiger partial charge in [-0.3, -0.25) is 9.59 Å². The van der Waals surface area contributed by atoms with Gasteiger partial charge >= 0.3 is 0 Å². The first kappa shape index (κ1) is 19.4. The van der Waals surface area contributed by atoms with E-state index in [1.54, 1.807) is 4.90 Å². The molecule has 1 aromatic carbocycles. The zero-order valence-corrected chi connectivity index (χ0v) is 16.9. The maximum atomic E-state index is 12.4. The zero-order chi connectivity index (χ0) is 19.4. The van der Waals surface area contributed by atoms with Crippen molar-refractivity contribution in [2.24, 2.45) is 0 Å². The second-order valence-electron chi connectivity index (χ2n) is 6.88. The van der Waals surface area contributed by atoms with Crippen LogP contribution in [-0.2, 0) is 16.1 Å². The standard InChI is InChI=1S/C21H25N3O2S/c1-14-7-4-5-8-17(14)12-22-18(25)9-6-10-24-19(26)13-27-21-20(24)15(2)11-16(3)23-21/h4-5,7-8,11H,6,9-10,12-13H2,1-3H3,(H,22,25). The summed E-state index contributed by atoms with van der Waals surface area (Å²) in [5.41, 5.74) is 5.22. The number of fused-ring (bicyclic) bond motifs is 1. The van der Waals surface area contributed by atoms with Crippen LogP contribution >= 0.6 is 11.8 Å². The lowest BCUT2D eigenvalue weighted by molar-refractivity contribution is -0.121. The predicted octanol–water partition coefficient (Wildman–Crippen LogP) is 3.54. The molecule has 3 rings (SSSR count). The van der Waals surface area contributed by atoms with E-state index < -0.39 is 0 Å². The van der Waals surface area contributed by atoms with E-state index in [2.05, 4.69) is 10.3 Å². The van der Waals surface area contributed by atoms with Crippen molar-refractivity contribution in [3.05, 3.63) is 52.7 Å². The molecule has 2 amide bonds. The molecule has 0 spiro atoms. The zero-order valence-electron chi connectivity index (χ0n) is 16.0. The number of anilines is 1. The summed E-state index contributed by atoms with van der Waals surface area (Å²) in [6.07, 6.45) is 1.03. The molecule has 0 radical (unpaired) electrons. The topological polar surface area (TPSA) is 62.3 Å². The highest BCUT2D eigenvalue weighted by Crippen LogP contribution is 2.36. The van der Waals surface area contributed by atoms with Crippen molar-refractivity contribution in [1.29, 1.82) is 0 Å². The molecule has 1 aliphatic heterocycles. The molecule has 0 saturated heterocycles. The van der Waals surface area contributed by atoms with Crippen LogP contribution in [0.25, 0.3) is 0 Å². The average molecular weight is 384 g/mol. The Kier molecular flexibility index (Phi) is 6.16. The number of rotatable bonds is 6. The second-order valence-corrected chi connectivity index (χ2v) is 7.84. The van der Waals surface area contributed by atoms with Gasteiger partial charge in [0.2, 0.25) is 11.8 Å². The van der Waals surface area contributed by atoms with E-state index in [0.29, 0.717) is 31.7 Å². The van der Waals surface area contributed by atoms with E-state index in [0.717, 1.165) is 27.5 Å². The van der Waals surface area contributed by atoms with Gasteiger partial charge in [0.1, 0.15) is 5.03 Å². The number of benzene rings is 1. The van der Waals surface area contributed by atoms with Crippen LogP contribution in [-0.4, -0.2) is 29.1 Å². The summed E-state index contributed by atoms with van der Waals surface area (Å²) < 4.78 is 0. The number of hydrogen-bond donors (Lipinski definition) is 1. The smallest absolute Gasteiger partial charge is 0.237 e. The van der Waals surface area contributed by atoms with Gasteiger partial charge in [-0.2, -0.15) is 0 Å². The number of amides is 2. The van der Waals surface area contributed by atoms with Crippen LogP contribution in [0.5, 0.6) is 0 Å². The number of carbonyl (C=O) groups is 2. The van der Waals surface area contributed by atoms with Gasteiger partial charge in [-0.25, -0.2) is 4.98 Å². The van der Waals surface area contributed by atoms with E-state index in [9.17, 15) is 9.59 Å². The maximum Gasteiger partial charge on any atom is 0.237 e. The van der Waals surface area contributed by atoms with E-state index in [4.69, 9.17) is 0 Å². The predicted molar refractivity (Wildman–Crippen MR) is 109 cm³/mol. The number of pyridine rings is 1. The highest BCUT2D eigenvalue weighted by Gasteiger charge is 2.27. The van der Waals surface area contributed by atoms with Gasteiger partial charge < -0.3 is 10.2 Å². The normalized spacial score (nSPS) is 13.4. The van der Waals surface area contributed by atoms with E-state index >= 15 is 0 Å². The fourth-order valence-corrected chi connectivity index (χ4v) is 4.31. The van der Waals surface area contributed by atoms with Gasteiger partial charge in [-0.15, -0.1) is 0 Å². The molecule has 0 unspecified atom stereocenters. The fourth-order valence-electron chi connectivity index (χ4n) is 3.28. The quantitative estimate of drug-likeness (QED) is 0.829. The Morgan fingerprint density at radius 2 is 2.00 bits per heavy atom. The minimum Gasteiger partial charge on any atom is -0.352 e. The van der Waals surface area contributed by atoms with Crippen LogP contribution in [0.3, 0.4) is 0 Å². The Morgan fingerprint density at radius 3 is 2.78 bits per heavy atom. The molecule has 0 atom stereocenters. The Morgan fingerprint density at radius 1 is 1.22 bits per heavy atom. The van der Waals surface area contributed by atoms with Gasteiger partial charge in [0.05, 0.1) is 11.4 Å². The lowest BCUT2D eigenvalue weighted by Crippen LogP contribution is -2.37. The van der Waals surface area contributed by atoms with Crippen molar-refractivity contribution in [2.75, 3.05) is 17.2 Å². The first-order valence-electron chi connectivity index (χ1n) is 9.18. The van der Waals surface area contributed by atoms with Crippen molar-refractivity contribution in [1.82, 2.24) is 10.3 Å². The molecule has 1 N–H and O–H groups in total. The maximum absolute atomic E-state index is 12.4. The van der Waals surface area contributed by atoms with Gasteiger partial charge in [0.15, 0.2) is 0 Å². The number of hydrogen-bond acceptors (Lipinski definition) is 4. The third kappa shape index (κ3) is 4.69. The number of nitrogens with zero attached hydrogens (tertiary/aromatic N) is 2. The summed E-state index contributed by atoms with van der Waals surface area (Å²) in [7, 11) is 0. The summed E-state index contributed by atoms with van der Waals surface area (Å²) >= 11 is 1.49. The Hall–Kier alpha value is -2.34. The second kappa shape index (κ2) is 8.57. The molecule has 6 heteroatoms. The van der Waals surface area contributed by atoms with E-state index in [1.807, 2.05) is 51.1 Å². The summed E-state index contributed by atoms with van der Waals surface area (Å²) in [5, 5.41) is 3.88. The molecule has 1 aliphatic rings. The lowest BCUT2D eigenvalue weighted by atomic mass is 10.1. The molecule has 2 aromatic rings. The number of aromatic nitrogens is 1. The van der Waals surface area contributed by atoms with Crippen LogP contribution in [0.15, 0.2) is 35.4 Å². The van der Waals surface area contributed by atoms with E-state index in [1.165, 1.54) is 17.3 Å². The Balaban J connectivity index is 1.55. The fraction of sp³-hybridized carbons (Fsp3) is 0.381. The van der Waals surface area contributed by atoms with Gasteiger partial charge in [-0.1, -0.05) is 36.0 Å². The third-order valence-electron chi connectivity index (χ3n) is 4.71. The molecular weight excluding hydrogens is 358 g/mol. The first-order chi connectivity index (χ1) is 13.0. The Labute approximate surface area is 164 Å². The molecule has 0 bridgehead atoms. The summed E-state index contributed by atoms with van der Waals surface area (Å²) in [4.78, 5) is 30.9. The average Bonchev–Trinajstić information content (AvgIpc) is 2.63. The number of carbonyl (C=O) groups excluding carboxylic acids is 2. The highest BCUT2D eigenvalue weighted by atomic mass is 32.2. The largest absolute Gasteiger partial charge is 0.352 e. The molecule has 2 heterocycles. The molecule has 1 aromatic heterocycles. The Bertz CT molecular complexity index is 867. The summed E-state index contributed by atoms with van der Waals surface area (Å²) in [6, 6.07) is 10.0. The monoisotopic (exact) mass is 383 g/mol. The van der Waals surface area contributed by atoms with Crippen molar-refractivity contribution in [2.45, 2.75) is 45.2 Å². The summed E-state index contributed by atoms with van der Waals surface area (Å²) in [6.45, 7) is 7.09. The van der Waals surface area contributed by atoms with Gasteiger partial charge in [0.25, 0.3) is 0 Å². The minimum absolute atomic E-state index is 0.0102. The van der Waals surface area contributed by atoms with E-state index in [-0.39, 0.29) is 11.8 Å². The minimum atomic E-state index is 0.0102. The SMILES string of the molecule is Cc1cc(C)c2c(n1)SCC(=O)N2CCCC(=O)NCc1ccccc1C. The van der Waals surface area contributed by atoms with Crippen LogP contribution in [0, 0.1) is 20.8 Å². The van der Waals surface area contributed by atoms with Crippen LogP contribution in [0.2, 0.25) is 0 Å². The van der Waals surface area contributed by atoms with Crippen LogP contribution in [0.4, 0.5) is 5.69 Å². The molecule has 5 nitrogen and oxygen atoms in total. The molecule has 27 heavy (non-hydrogen) atoms. The molecule has 0 saturated carbocycles. The van der Waals surface area contributed by atoms with Crippen molar-refractivity contribution in [3.63, 3.8) is 0 Å². The highest BCUT2D eigenvalue weighted by molar-refractivity contribution is 8.00. The summed E-state index contributed by atoms with van der Waals surface area (Å²) in [5.74, 6) is 0.500. The molecule has 0 fully saturated rings. The van der Waals surface area contributed by atoms with Crippen LogP contribution in [0.1, 0.15) is 35.2 Å². The van der Waals surface area contributed by atoms with Gasteiger partial charge in [0, 0.05) is 25.2 Å². The molecule has 142 valence electrons. The third-order valence-corrected chi connectivity index (χ3v) is 5.65. The van der Waals surface area contributed by atoms with Crippen LogP contribution < -0.4 is 10.2 Å². The van der Waals surface area contributed by atoms with Crippen molar-refractivity contribution in [3.8, 4) is 0 Å². The number of thioether (sulfide) groups is 1. The van der Waals surface area contributed by atoms with Gasteiger partial charge in [-0.05, 0) is 49.9 Å². The van der Waals surface area contributed by atoms with Crippen molar-refractivity contribution >= 4 is 29.3 Å². The lowest BCUT2D eigenvalue weighted by Gasteiger charge is -2.30. The first-order valence-corrected chi connectivity index (χ1v) is 10.2. The molecular formula is C21H25N3O2S. The number of nitrogens with one attached hydrogen (secondary N) is 1. The molecule has 0 aliphatic carbocycles.